The summed E-state index contributed by atoms with van der Waals surface area (Å²) >= 11 is 0. The molecule has 0 spiro atoms. The molecule has 0 bridgehead atoms. The lowest BCUT2D eigenvalue weighted by Crippen LogP contribution is -2.48. The summed E-state index contributed by atoms with van der Waals surface area (Å²) < 4.78 is 12.8. The number of halogens is 1. The summed E-state index contributed by atoms with van der Waals surface area (Å²) in [6.07, 6.45) is 1.82. The Balaban J connectivity index is 2.45. The third-order valence-corrected chi connectivity index (χ3v) is 2.46. The van der Waals surface area contributed by atoms with Crippen molar-refractivity contribution in [3.63, 3.8) is 0 Å². The molecule has 0 aromatic carbocycles. The maximum Gasteiger partial charge on any atom is 0.103 e. The molecular formula is C8H16FN. The van der Waals surface area contributed by atoms with Crippen LogP contribution in [-0.2, 0) is 0 Å². The molecule has 0 radical (unpaired) electrons. The second kappa shape index (κ2) is 2.87. The molecule has 2 unspecified atom stereocenters. The summed E-state index contributed by atoms with van der Waals surface area (Å²) in [6, 6.07) is 0. The number of hydrogen-bond donors (Lipinski definition) is 1. The zero-order valence-corrected chi connectivity index (χ0v) is 6.78. The Hall–Kier alpha value is -0.110. The first-order valence-corrected chi connectivity index (χ1v) is 4.05. The van der Waals surface area contributed by atoms with Crippen LogP contribution in [0.4, 0.5) is 4.39 Å². The molecule has 1 nitrogen and oxygen atoms in total. The molecule has 1 aliphatic rings. The molecule has 0 aromatic rings. The summed E-state index contributed by atoms with van der Waals surface area (Å²) in [4.78, 5) is 0. The Morgan fingerprint density at radius 3 is 2.80 bits per heavy atom. The van der Waals surface area contributed by atoms with Gasteiger partial charge in [-0.2, -0.15) is 0 Å². The van der Waals surface area contributed by atoms with Gasteiger partial charge in [0, 0.05) is 5.54 Å². The molecule has 60 valence electrons. The summed E-state index contributed by atoms with van der Waals surface area (Å²) in [5, 5.41) is 3.34. The van der Waals surface area contributed by atoms with Gasteiger partial charge in [0.2, 0.25) is 0 Å². The van der Waals surface area contributed by atoms with Crippen LogP contribution >= 0.6 is 0 Å². The quantitative estimate of drug-likeness (QED) is 0.594. The maximum atomic E-state index is 12.8. The van der Waals surface area contributed by atoms with Crippen LogP contribution in [0, 0.1) is 0 Å². The van der Waals surface area contributed by atoms with Crippen molar-refractivity contribution in [1.82, 2.24) is 5.32 Å². The van der Waals surface area contributed by atoms with E-state index in [4.69, 9.17) is 0 Å². The van der Waals surface area contributed by atoms with E-state index < -0.39 is 6.17 Å². The van der Waals surface area contributed by atoms with Gasteiger partial charge in [0.15, 0.2) is 0 Å². The van der Waals surface area contributed by atoms with Gasteiger partial charge < -0.3 is 5.32 Å². The van der Waals surface area contributed by atoms with E-state index in [0.717, 1.165) is 13.0 Å². The van der Waals surface area contributed by atoms with E-state index in [1.807, 2.05) is 0 Å². The van der Waals surface area contributed by atoms with E-state index in [2.05, 4.69) is 19.2 Å². The third kappa shape index (κ3) is 1.69. The fourth-order valence-electron chi connectivity index (χ4n) is 1.46. The highest BCUT2D eigenvalue weighted by Crippen LogP contribution is 2.23. The zero-order chi connectivity index (χ0) is 7.61. The highest BCUT2D eigenvalue weighted by Gasteiger charge is 2.29. The van der Waals surface area contributed by atoms with E-state index in [-0.39, 0.29) is 5.54 Å². The molecule has 1 heterocycles. The van der Waals surface area contributed by atoms with Crippen LogP contribution in [-0.4, -0.2) is 18.3 Å². The van der Waals surface area contributed by atoms with Gasteiger partial charge in [0.1, 0.15) is 6.17 Å². The Morgan fingerprint density at radius 1 is 1.70 bits per heavy atom. The van der Waals surface area contributed by atoms with Gasteiger partial charge in [-0.1, -0.05) is 6.92 Å². The molecule has 0 aliphatic carbocycles. The lowest BCUT2D eigenvalue weighted by molar-refractivity contribution is 0.161. The standard InChI is InChI=1S/C8H16FN/c1-3-8(2)6-7(9)4-5-10-8/h7,10H,3-6H2,1-2H3. The summed E-state index contributed by atoms with van der Waals surface area (Å²) in [6.45, 7) is 5.04. The summed E-state index contributed by atoms with van der Waals surface area (Å²) in [5.41, 5.74) is 0.0671. The second-order valence-electron chi connectivity index (χ2n) is 3.43. The second-order valence-corrected chi connectivity index (χ2v) is 3.43. The fourth-order valence-corrected chi connectivity index (χ4v) is 1.46. The molecule has 0 saturated carbocycles. The van der Waals surface area contributed by atoms with Crippen LogP contribution in [0.25, 0.3) is 0 Å². The largest absolute Gasteiger partial charge is 0.311 e. The normalized spacial score (nSPS) is 41.7. The lowest BCUT2D eigenvalue weighted by atomic mass is 9.88. The average molecular weight is 145 g/mol. The van der Waals surface area contributed by atoms with Gasteiger partial charge in [-0.3, -0.25) is 0 Å². The van der Waals surface area contributed by atoms with E-state index in [1.54, 1.807) is 0 Å². The number of alkyl halides is 1. The van der Waals surface area contributed by atoms with Crippen molar-refractivity contribution in [2.45, 2.75) is 44.8 Å². The Morgan fingerprint density at radius 2 is 2.40 bits per heavy atom. The van der Waals surface area contributed by atoms with E-state index in [9.17, 15) is 4.39 Å². The SMILES string of the molecule is CCC1(C)CC(F)CCN1. The van der Waals surface area contributed by atoms with Crippen molar-refractivity contribution in [2.75, 3.05) is 6.54 Å². The van der Waals surface area contributed by atoms with Crippen LogP contribution < -0.4 is 5.32 Å². The molecule has 1 aliphatic heterocycles. The van der Waals surface area contributed by atoms with Gasteiger partial charge in [-0.15, -0.1) is 0 Å². The first-order valence-electron chi connectivity index (χ1n) is 4.05. The number of rotatable bonds is 1. The fraction of sp³-hybridized carbons (Fsp3) is 1.00. The minimum Gasteiger partial charge on any atom is -0.311 e. The minimum atomic E-state index is -0.578. The molecular weight excluding hydrogens is 129 g/mol. The average Bonchev–Trinajstić information content (AvgIpc) is 1.88. The Kier molecular flexibility index (Phi) is 2.29. The van der Waals surface area contributed by atoms with E-state index >= 15 is 0 Å². The molecule has 1 saturated heterocycles. The number of piperidine rings is 1. The van der Waals surface area contributed by atoms with Gasteiger partial charge in [0.05, 0.1) is 0 Å². The monoisotopic (exact) mass is 145 g/mol. The van der Waals surface area contributed by atoms with Crippen LogP contribution in [0.15, 0.2) is 0 Å². The van der Waals surface area contributed by atoms with Crippen molar-refractivity contribution >= 4 is 0 Å². The predicted octanol–water partition coefficient (Wildman–Crippen LogP) is 1.88. The third-order valence-electron chi connectivity index (χ3n) is 2.46. The first-order chi connectivity index (χ1) is 4.66. The number of nitrogens with one attached hydrogen (secondary N) is 1. The van der Waals surface area contributed by atoms with Crippen molar-refractivity contribution in [3.8, 4) is 0 Å². The van der Waals surface area contributed by atoms with Crippen molar-refractivity contribution in [2.24, 2.45) is 0 Å². The minimum absolute atomic E-state index is 0.0671. The van der Waals surface area contributed by atoms with Crippen LogP contribution in [0.2, 0.25) is 0 Å². The van der Waals surface area contributed by atoms with Gasteiger partial charge in [-0.25, -0.2) is 4.39 Å². The maximum absolute atomic E-state index is 12.8. The zero-order valence-electron chi connectivity index (χ0n) is 6.78. The summed E-state index contributed by atoms with van der Waals surface area (Å²) in [5.74, 6) is 0. The Bertz CT molecular complexity index is 116. The molecule has 1 N–H and O–H groups in total. The van der Waals surface area contributed by atoms with Crippen molar-refractivity contribution < 1.29 is 4.39 Å². The van der Waals surface area contributed by atoms with E-state index in [0.29, 0.717) is 12.8 Å². The molecule has 0 amide bonds. The molecule has 1 rings (SSSR count). The molecule has 10 heavy (non-hydrogen) atoms. The first kappa shape index (κ1) is 7.99. The number of hydrogen-bond acceptors (Lipinski definition) is 1. The molecule has 2 atom stereocenters. The molecule has 2 heteroatoms. The van der Waals surface area contributed by atoms with Gasteiger partial charge >= 0.3 is 0 Å². The van der Waals surface area contributed by atoms with Crippen LogP contribution in [0.3, 0.4) is 0 Å². The van der Waals surface area contributed by atoms with Crippen molar-refractivity contribution in [1.29, 1.82) is 0 Å². The van der Waals surface area contributed by atoms with Crippen molar-refractivity contribution in [3.05, 3.63) is 0 Å². The molecule has 0 aromatic heterocycles. The highest BCUT2D eigenvalue weighted by atomic mass is 19.1. The lowest BCUT2D eigenvalue weighted by Gasteiger charge is -2.35. The van der Waals surface area contributed by atoms with Gasteiger partial charge in [-0.05, 0) is 32.7 Å². The molecule has 1 fully saturated rings. The highest BCUT2D eigenvalue weighted by molar-refractivity contribution is 4.88. The smallest absolute Gasteiger partial charge is 0.103 e. The van der Waals surface area contributed by atoms with Gasteiger partial charge in [0.25, 0.3) is 0 Å². The predicted molar refractivity (Wildman–Crippen MR) is 40.8 cm³/mol. The van der Waals surface area contributed by atoms with E-state index in [1.165, 1.54) is 0 Å². The topological polar surface area (TPSA) is 12.0 Å². The Labute approximate surface area is 62.0 Å². The van der Waals surface area contributed by atoms with Crippen LogP contribution in [0.5, 0.6) is 0 Å². The summed E-state index contributed by atoms with van der Waals surface area (Å²) in [7, 11) is 0. The van der Waals surface area contributed by atoms with Crippen LogP contribution in [0.1, 0.15) is 33.1 Å².